The summed E-state index contributed by atoms with van der Waals surface area (Å²) in [5, 5.41) is 2.78. The lowest BCUT2D eigenvalue weighted by atomic mass is 10.1. The smallest absolute Gasteiger partial charge is 0.339 e. The van der Waals surface area contributed by atoms with Gasteiger partial charge in [-0.3, -0.25) is 9.59 Å². The highest BCUT2D eigenvalue weighted by Gasteiger charge is 2.23. The zero-order valence-corrected chi connectivity index (χ0v) is 18.8. The Balaban J connectivity index is 1.97. The lowest BCUT2D eigenvalue weighted by molar-refractivity contribution is -0.136. The van der Waals surface area contributed by atoms with Gasteiger partial charge in [-0.15, -0.1) is 0 Å². The number of hydrogen-bond acceptors (Lipinski definition) is 6. The number of ether oxygens (including phenoxy) is 1. The molecule has 9 heteroatoms. The average molecular weight is 447 g/mol. The number of nitrogens with zero attached hydrogens (tertiary/aromatic N) is 1. The highest BCUT2D eigenvalue weighted by molar-refractivity contribution is 7.91. The third-order valence-electron chi connectivity index (χ3n) is 4.70. The Labute approximate surface area is 182 Å². The highest BCUT2D eigenvalue weighted by Crippen LogP contribution is 2.20. The second-order valence-corrected chi connectivity index (χ2v) is 9.29. The predicted molar refractivity (Wildman–Crippen MR) is 117 cm³/mol. The van der Waals surface area contributed by atoms with Crippen LogP contribution in [0.4, 0.5) is 5.69 Å². The molecule has 0 fully saturated rings. The number of likely N-dealkylation sites (N-methyl/N-ethyl adjacent to an activating group) is 1. The van der Waals surface area contributed by atoms with Crippen LogP contribution in [-0.4, -0.2) is 57.1 Å². The van der Waals surface area contributed by atoms with Gasteiger partial charge < -0.3 is 15.0 Å². The lowest BCUT2D eigenvalue weighted by Crippen LogP contribution is -2.37. The van der Waals surface area contributed by atoms with E-state index >= 15 is 0 Å². The number of carbonyl (C=O) groups is 3. The second-order valence-electron chi connectivity index (χ2n) is 7.04. The molecule has 0 unspecified atom stereocenters. The minimum Gasteiger partial charge on any atom is -0.452 e. The van der Waals surface area contributed by atoms with Gasteiger partial charge in [-0.25, -0.2) is 13.2 Å². The van der Waals surface area contributed by atoms with Gasteiger partial charge in [-0.2, -0.15) is 0 Å². The van der Waals surface area contributed by atoms with Crippen molar-refractivity contribution in [2.24, 2.45) is 0 Å². The molecule has 0 aliphatic carbocycles. The summed E-state index contributed by atoms with van der Waals surface area (Å²) in [4.78, 5) is 37.9. The number of anilines is 1. The van der Waals surface area contributed by atoms with Crippen molar-refractivity contribution in [3.05, 3.63) is 59.2 Å². The minimum atomic E-state index is -3.63. The molecule has 0 spiro atoms. The number of benzene rings is 2. The molecule has 0 aromatic heterocycles. The van der Waals surface area contributed by atoms with E-state index in [-0.39, 0.29) is 28.7 Å². The Morgan fingerprint density at radius 3 is 2.23 bits per heavy atom. The normalized spacial score (nSPS) is 11.0. The molecule has 2 aromatic rings. The minimum absolute atomic E-state index is 0.132. The van der Waals surface area contributed by atoms with Gasteiger partial charge >= 0.3 is 5.97 Å². The third-order valence-corrected chi connectivity index (χ3v) is 6.49. The van der Waals surface area contributed by atoms with Crippen LogP contribution in [0.3, 0.4) is 0 Å². The fraction of sp³-hybridized carbons (Fsp3) is 0.318. The summed E-state index contributed by atoms with van der Waals surface area (Å²) in [6.07, 6.45) is 0. The van der Waals surface area contributed by atoms with Crippen LogP contribution in [0.1, 0.15) is 28.4 Å². The van der Waals surface area contributed by atoms with Gasteiger partial charge in [-0.1, -0.05) is 37.3 Å². The van der Waals surface area contributed by atoms with E-state index in [1.807, 2.05) is 32.0 Å². The molecule has 2 aromatic carbocycles. The molecule has 0 saturated heterocycles. The third kappa shape index (κ3) is 6.14. The molecular weight excluding hydrogens is 420 g/mol. The first-order chi connectivity index (χ1) is 14.6. The summed E-state index contributed by atoms with van der Waals surface area (Å²) in [6.45, 7) is 4.36. The predicted octanol–water partition coefficient (Wildman–Crippen LogP) is 2.35. The monoisotopic (exact) mass is 446 g/mol. The maximum Gasteiger partial charge on any atom is 0.339 e. The zero-order chi connectivity index (χ0) is 23.2. The Kier molecular flexibility index (Phi) is 7.93. The van der Waals surface area contributed by atoms with Crippen LogP contribution in [0, 0.1) is 13.8 Å². The molecule has 2 amide bonds. The first kappa shape index (κ1) is 24.1. The molecule has 0 aliphatic heterocycles. The average Bonchev–Trinajstić information content (AvgIpc) is 2.74. The molecular formula is C22H26N2O6S. The van der Waals surface area contributed by atoms with Gasteiger partial charge in [0.15, 0.2) is 16.4 Å². The fourth-order valence-corrected chi connectivity index (χ4v) is 3.95. The maximum absolute atomic E-state index is 12.4. The van der Waals surface area contributed by atoms with Crippen LogP contribution in [0.15, 0.2) is 47.4 Å². The number of hydrogen-bond donors (Lipinski definition) is 1. The van der Waals surface area contributed by atoms with E-state index in [0.29, 0.717) is 5.69 Å². The number of amides is 2. The van der Waals surface area contributed by atoms with Crippen LogP contribution in [0.2, 0.25) is 0 Å². The largest absolute Gasteiger partial charge is 0.452 e. The quantitative estimate of drug-likeness (QED) is 0.624. The van der Waals surface area contributed by atoms with Gasteiger partial charge in [0, 0.05) is 12.7 Å². The molecule has 0 bridgehead atoms. The van der Waals surface area contributed by atoms with Crippen molar-refractivity contribution in [3.8, 4) is 0 Å². The van der Waals surface area contributed by atoms with Crippen molar-refractivity contribution >= 4 is 33.3 Å². The number of aryl methyl sites for hydroxylation is 2. The summed E-state index contributed by atoms with van der Waals surface area (Å²) >= 11 is 0. The van der Waals surface area contributed by atoms with E-state index in [4.69, 9.17) is 4.74 Å². The number of para-hydroxylation sites is 1. The molecule has 0 heterocycles. The maximum atomic E-state index is 12.4. The summed E-state index contributed by atoms with van der Waals surface area (Å²) in [5.74, 6) is -2.08. The molecule has 0 radical (unpaired) electrons. The Bertz CT molecular complexity index is 1070. The molecule has 0 saturated carbocycles. The first-order valence-corrected chi connectivity index (χ1v) is 11.3. The van der Waals surface area contributed by atoms with Gasteiger partial charge in [0.05, 0.1) is 22.8 Å². The van der Waals surface area contributed by atoms with Crippen molar-refractivity contribution in [2.45, 2.75) is 25.7 Å². The molecule has 166 valence electrons. The lowest BCUT2D eigenvalue weighted by Gasteiger charge is -2.18. The van der Waals surface area contributed by atoms with E-state index in [0.717, 1.165) is 16.0 Å². The van der Waals surface area contributed by atoms with Crippen LogP contribution in [0.25, 0.3) is 0 Å². The number of esters is 1. The molecule has 2 rings (SSSR count). The molecule has 31 heavy (non-hydrogen) atoms. The van der Waals surface area contributed by atoms with Gasteiger partial charge in [-0.05, 0) is 37.1 Å². The van der Waals surface area contributed by atoms with Crippen molar-refractivity contribution < 1.29 is 27.5 Å². The Morgan fingerprint density at radius 2 is 1.61 bits per heavy atom. The van der Waals surface area contributed by atoms with Crippen LogP contribution < -0.4 is 5.32 Å². The summed E-state index contributed by atoms with van der Waals surface area (Å²) in [5.41, 5.74) is 2.36. The molecule has 0 aliphatic rings. The van der Waals surface area contributed by atoms with Crippen LogP contribution >= 0.6 is 0 Å². The van der Waals surface area contributed by atoms with E-state index in [2.05, 4.69) is 5.32 Å². The van der Waals surface area contributed by atoms with Gasteiger partial charge in [0.2, 0.25) is 5.91 Å². The summed E-state index contributed by atoms with van der Waals surface area (Å²) < 4.78 is 29.3. The number of rotatable bonds is 8. The first-order valence-electron chi connectivity index (χ1n) is 9.65. The summed E-state index contributed by atoms with van der Waals surface area (Å²) in [7, 11) is -2.22. The topological polar surface area (TPSA) is 110 Å². The number of sulfone groups is 1. The second kappa shape index (κ2) is 10.2. The van der Waals surface area contributed by atoms with Crippen molar-refractivity contribution in [1.82, 2.24) is 4.90 Å². The van der Waals surface area contributed by atoms with E-state index in [1.54, 1.807) is 0 Å². The fourth-order valence-electron chi connectivity index (χ4n) is 2.87. The zero-order valence-electron chi connectivity index (χ0n) is 18.0. The Morgan fingerprint density at radius 1 is 1.00 bits per heavy atom. The van der Waals surface area contributed by atoms with Crippen molar-refractivity contribution in [2.75, 3.05) is 31.3 Å². The van der Waals surface area contributed by atoms with E-state index < -0.39 is 28.3 Å². The molecule has 1 N–H and O–H groups in total. The highest BCUT2D eigenvalue weighted by atomic mass is 32.2. The van der Waals surface area contributed by atoms with Crippen LogP contribution in [0.5, 0.6) is 0 Å². The van der Waals surface area contributed by atoms with E-state index in [9.17, 15) is 22.8 Å². The summed E-state index contributed by atoms with van der Waals surface area (Å²) in [6, 6.07) is 11.3. The number of nitrogens with one attached hydrogen (secondary N) is 1. The van der Waals surface area contributed by atoms with Crippen molar-refractivity contribution in [1.29, 1.82) is 0 Å². The number of carbonyl (C=O) groups excluding carboxylic acids is 3. The standard InChI is InChI=1S/C22H26N2O6S/c1-5-31(28,29)18-12-7-6-11-17(18)22(27)30-14-20(26)24(4)13-19(25)23-21-15(2)9-8-10-16(21)3/h6-12H,5,13-14H2,1-4H3,(H,23,25). The van der Waals surface area contributed by atoms with E-state index in [1.165, 1.54) is 38.2 Å². The van der Waals surface area contributed by atoms with Crippen LogP contribution in [-0.2, 0) is 24.2 Å². The Hall–Kier alpha value is -3.20. The molecule has 8 nitrogen and oxygen atoms in total. The van der Waals surface area contributed by atoms with Gasteiger partial charge in [0.1, 0.15) is 0 Å². The van der Waals surface area contributed by atoms with Crippen molar-refractivity contribution in [3.63, 3.8) is 0 Å². The van der Waals surface area contributed by atoms with Gasteiger partial charge in [0.25, 0.3) is 5.91 Å². The molecule has 0 atom stereocenters. The SMILES string of the molecule is CCS(=O)(=O)c1ccccc1C(=O)OCC(=O)N(C)CC(=O)Nc1c(C)cccc1C.